The number of benzene rings is 2. The van der Waals surface area contributed by atoms with Gasteiger partial charge in [0, 0.05) is 0 Å². The van der Waals surface area contributed by atoms with Gasteiger partial charge in [0.15, 0.2) is 0 Å². The van der Waals surface area contributed by atoms with E-state index in [0.29, 0.717) is 0 Å². The van der Waals surface area contributed by atoms with Gasteiger partial charge in [0.1, 0.15) is 0 Å². The molecule has 6 rings (SSSR count). The lowest BCUT2D eigenvalue weighted by Gasteiger charge is -2.23. The van der Waals surface area contributed by atoms with Gasteiger partial charge in [0.2, 0.25) is 0 Å². The second-order valence-electron chi connectivity index (χ2n) is 20.2. The fraction of sp³-hybridized carbons (Fsp3) is 0.692. The fourth-order valence-electron chi connectivity index (χ4n) is 10.6. The van der Waals surface area contributed by atoms with Gasteiger partial charge in [-0.3, -0.25) is 19.2 Å². The molecule has 8 nitrogen and oxygen atoms in total. The maximum absolute atomic E-state index is 11.9. The maximum atomic E-state index is 11.9. The van der Waals surface area contributed by atoms with Crippen LogP contribution in [-0.4, -0.2) is 44.3 Å². The van der Waals surface area contributed by atoms with E-state index in [1.807, 2.05) is 0 Å². The summed E-state index contributed by atoms with van der Waals surface area (Å²) in [5, 5.41) is 38.8. The van der Waals surface area contributed by atoms with Crippen LogP contribution in [-0.2, 0) is 57.7 Å². The van der Waals surface area contributed by atoms with Crippen LogP contribution in [0.5, 0.6) is 0 Å². The van der Waals surface area contributed by atoms with E-state index < -0.39 is 45.5 Å². The van der Waals surface area contributed by atoms with Crippen molar-refractivity contribution < 1.29 is 39.6 Å². The standard InChI is InChI=1S/C52H74O8/c1-35-33-39(16-9-13-23-51(29-30-51)47(57)58)38(4)44(42(35)17-8-6-12-22-50(27-28-50)46(55)56)20-19-41-34-40(15-7-5-11-21-49(25-26-49)45(53)54)36(2)37(3)43(41)18-10-14-24-52(31-32-52)48(59)60/h33-34H,5-32H2,1-4H3,(H,53,54)(H,55,56)(H,57,58)(H,59,60). The fourth-order valence-corrected chi connectivity index (χ4v) is 10.6. The minimum Gasteiger partial charge on any atom is -0.481 e. The summed E-state index contributed by atoms with van der Waals surface area (Å²) in [6, 6.07) is 4.85. The normalized spacial score (nSPS) is 18.5. The number of carbonyl (C=O) groups is 4. The Kier molecular flexibility index (Phi) is 14.6. The first-order valence-corrected chi connectivity index (χ1v) is 23.7. The first-order chi connectivity index (χ1) is 28.6. The molecule has 4 aliphatic rings. The summed E-state index contributed by atoms with van der Waals surface area (Å²) in [5.41, 5.74) is 11.9. The monoisotopic (exact) mass is 827 g/mol. The van der Waals surface area contributed by atoms with E-state index in [-0.39, 0.29) is 0 Å². The van der Waals surface area contributed by atoms with E-state index in [0.717, 1.165) is 180 Å². The van der Waals surface area contributed by atoms with Crippen molar-refractivity contribution in [2.45, 2.75) is 207 Å². The molecule has 0 amide bonds. The predicted octanol–water partition coefficient (Wildman–Crippen LogP) is 11.8. The van der Waals surface area contributed by atoms with E-state index in [1.165, 1.54) is 55.6 Å². The summed E-state index contributed by atoms with van der Waals surface area (Å²) >= 11 is 0. The molecule has 330 valence electrons. The molecule has 4 aliphatic carbocycles. The zero-order chi connectivity index (χ0) is 43.3. The van der Waals surface area contributed by atoms with Crippen LogP contribution >= 0.6 is 0 Å². The summed E-state index contributed by atoms with van der Waals surface area (Å²) in [4.78, 5) is 47.2. The van der Waals surface area contributed by atoms with Crippen molar-refractivity contribution in [3.05, 3.63) is 67.8 Å². The Morgan fingerprint density at radius 2 is 0.750 bits per heavy atom. The molecule has 4 fully saturated rings. The van der Waals surface area contributed by atoms with Crippen molar-refractivity contribution in [3.63, 3.8) is 0 Å². The van der Waals surface area contributed by atoms with Gasteiger partial charge in [0.25, 0.3) is 0 Å². The van der Waals surface area contributed by atoms with Crippen LogP contribution in [0.4, 0.5) is 0 Å². The Labute approximate surface area is 359 Å². The predicted molar refractivity (Wildman–Crippen MR) is 236 cm³/mol. The van der Waals surface area contributed by atoms with Crippen molar-refractivity contribution in [2.75, 3.05) is 0 Å². The first-order valence-electron chi connectivity index (χ1n) is 23.7. The van der Waals surface area contributed by atoms with Crippen molar-refractivity contribution in [2.24, 2.45) is 21.7 Å². The number of hydrogen-bond donors (Lipinski definition) is 4. The smallest absolute Gasteiger partial charge is 0.309 e. The van der Waals surface area contributed by atoms with E-state index in [4.69, 9.17) is 0 Å². The highest BCUT2D eigenvalue weighted by Gasteiger charge is 2.51. The molecule has 8 heteroatoms. The minimum absolute atomic E-state index is 0.461. The van der Waals surface area contributed by atoms with Crippen LogP contribution in [0, 0.1) is 49.4 Å². The molecule has 0 heterocycles. The molecule has 60 heavy (non-hydrogen) atoms. The molecule has 0 radical (unpaired) electrons. The number of carboxylic acid groups (broad SMARTS) is 4. The van der Waals surface area contributed by atoms with Crippen LogP contribution < -0.4 is 0 Å². The Morgan fingerprint density at radius 1 is 0.383 bits per heavy atom. The third kappa shape index (κ3) is 10.8. The van der Waals surface area contributed by atoms with E-state index in [2.05, 4.69) is 39.8 Å². The van der Waals surface area contributed by atoms with Gasteiger partial charge < -0.3 is 20.4 Å². The third-order valence-corrected chi connectivity index (χ3v) is 16.1. The van der Waals surface area contributed by atoms with Crippen LogP contribution in [0.1, 0.15) is 197 Å². The molecule has 2 aromatic rings. The Morgan fingerprint density at radius 3 is 1.18 bits per heavy atom. The molecule has 4 saturated carbocycles. The van der Waals surface area contributed by atoms with Crippen LogP contribution in [0.2, 0.25) is 0 Å². The molecule has 0 spiro atoms. The van der Waals surface area contributed by atoms with Gasteiger partial charge >= 0.3 is 23.9 Å². The molecule has 2 aromatic carbocycles. The number of unbranched alkanes of at least 4 members (excludes halogenated alkanes) is 6. The van der Waals surface area contributed by atoms with Gasteiger partial charge in [0.05, 0.1) is 21.7 Å². The van der Waals surface area contributed by atoms with Crippen LogP contribution in [0.15, 0.2) is 12.1 Å². The number of carboxylic acids is 4. The number of aryl methyl sites for hydroxylation is 4. The third-order valence-electron chi connectivity index (χ3n) is 16.1. The average Bonchev–Trinajstić information content (AvgIpc) is 4.01. The largest absolute Gasteiger partial charge is 0.481 e. The molecular formula is C52H74O8. The van der Waals surface area contributed by atoms with Crippen molar-refractivity contribution in [3.8, 4) is 0 Å². The quantitative estimate of drug-likeness (QED) is 0.0592. The highest BCUT2D eigenvalue weighted by atomic mass is 16.4. The first kappa shape index (κ1) is 45.8. The lowest BCUT2D eigenvalue weighted by Crippen LogP contribution is -2.14. The summed E-state index contributed by atoms with van der Waals surface area (Å²) in [6.45, 7) is 9.06. The second kappa shape index (κ2) is 19.2. The highest BCUT2D eigenvalue weighted by Crippen LogP contribution is 2.52. The zero-order valence-electron chi connectivity index (χ0n) is 37.4. The molecule has 0 unspecified atom stereocenters. The van der Waals surface area contributed by atoms with E-state index in [9.17, 15) is 39.6 Å². The van der Waals surface area contributed by atoms with Gasteiger partial charge in [-0.25, -0.2) is 0 Å². The SMILES string of the molecule is Cc1cc(CCCCC2(C(=O)O)CC2)c(C)c(CCc2cc(CCCCCC3(C(=O)O)CC3)c(C)c(C)c2CCCCC2(C(=O)O)CC2)c1CCCCCC1(C(=O)O)CC1. The second-order valence-corrected chi connectivity index (χ2v) is 20.2. The Balaban J connectivity index is 1.19. The molecule has 0 bridgehead atoms. The van der Waals surface area contributed by atoms with Gasteiger partial charge in [-0.2, -0.15) is 0 Å². The Hall–Kier alpha value is -3.68. The molecule has 4 N–H and O–H groups in total. The van der Waals surface area contributed by atoms with Gasteiger partial charge in [-0.1, -0.05) is 50.7 Å². The number of rotatable bonds is 29. The average molecular weight is 827 g/mol. The van der Waals surface area contributed by atoms with Crippen LogP contribution in [0.25, 0.3) is 0 Å². The van der Waals surface area contributed by atoms with Gasteiger partial charge in [-0.15, -0.1) is 0 Å². The van der Waals surface area contributed by atoms with Crippen LogP contribution in [0.3, 0.4) is 0 Å². The maximum Gasteiger partial charge on any atom is 0.309 e. The molecule has 0 saturated heterocycles. The molecule has 0 atom stereocenters. The number of aliphatic carboxylic acids is 4. The van der Waals surface area contributed by atoms with Gasteiger partial charge in [-0.05, 0) is 225 Å². The van der Waals surface area contributed by atoms with Crippen molar-refractivity contribution >= 4 is 23.9 Å². The van der Waals surface area contributed by atoms with Crippen molar-refractivity contribution in [1.82, 2.24) is 0 Å². The molecule has 0 aromatic heterocycles. The summed E-state index contributed by atoms with van der Waals surface area (Å²) in [7, 11) is 0. The van der Waals surface area contributed by atoms with Crippen molar-refractivity contribution in [1.29, 1.82) is 0 Å². The molecule has 0 aliphatic heterocycles. The zero-order valence-corrected chi connectivity index (χ0v) is 37.4. The highest BCUT2D eigenvalue weighted by molar-refractivity contribution is 5.79. The number of hydrogen-bond acceptors (Lipinski definition) is 4. The summed E-state index contributed by atoms with van der Waals surface area (Å²) < 4.78 is 0. The Bertz CT molecular complexity index is 1900. The van der Waals surface area contributed by atoms with E-state index >= 15 is 0 Å². The minimum atomic E-state index is -0.641. The van der Waals surface area contributed by atoms with E-state index in [1.54, 1.807) is 0 Å². The summed E-state index contributed by atoms with van der Waals surface area (Å²) in [6.07, 6.45) is 25.0. The summed E-state index contributed by atoms with van der Waals surface area (Å²) in [5.74, 6) is -2.55. The topological polar surface area (TPSA) is 149 Å². The lowest BCUT2D eigenvalue weighted by molar-refractivity contribution is -0.144. The lowest BCUT2D eigenvalue weighted by atomic mass is 9.82. The molecular weight excluding hydrogens is 753 g/mol.